The standard InChI is InChI=1S/C19H19NO3/c1-13-6-7-15(19(22)23)10-17(13)18(21)12-20-9-8-14-4-2-3-5-16(14)11-20/h2-7,10H,8-9,11-12H2,1H3,(H,22,23). The van der Waals surface area contributed by atoms with Gasteiger partial charge in [-0.1, -0.05) is 30.3 Å². The second-order valence-corrected chi connectivity index (χ2v) is 5.99. The summed E-state index contributed by atoms with van der Waals surface area (Å²) in [5.41, 5.74) is 4.09. The summed E-state index contributed by atoms with van der Waals surface area (Å²) in [6.07, 6.45) is 0.942. The zero-order valence-corrected chi connectivity index (χ0v) is 13.1. The van der Waals surface area contributed by atoms with E-state index in [1.165, 1.54) is 23.3 Å². The van der Waals surface area contributed by atoms with Crippen molar-refractivity contribution in [3.63, 3.8) is 0 Å². The zero-order chi connectivity index (χ0) is 16.4. The fourth-order valence-corrected chi connectivity index (χ4v) is 3.03. The molecule has 0 saturated carbocycles. The molecule has 0 atom stereocenters. The Kier molecular flexibility index (Phi) is 4.26. The predicted octanol–water partition coefficient (Wildman–Crippen LogP) is 2.93. The number of hydrogen-bond donors (Lipinski definition) is 1. The number of nitrogens with zero attached hydrogens (tertiary/aromatic N) is 1. The normalized spacial score (nSPS) is 14.3. The molecule has 4 heteroatoms. The summed E-state index contributed by atoms with van der Waals surface area (Å²) in [6, 6.07) is 13.0. The van der Waals surface area contributed by atoms with Gasteiger partial charge in [-0.05, 0) is 42.2 Å². The van der Waals surface area contributed by atoms with Crippen LogP contribution in [-0.2, 0) is 13.0 Å². The first-order valence-corrected chi connectivity index (χ1v) is 7.71. The maximum Gasteiger partial charge on any atom is 0.335 e. The maximum absolute atomic E-state index is 12.6. The highest BCUT2D eigenvalue weighted by atomic mass is 16.4. The quantitative estimate of drug-likeness (QED) is 0.882. The van der Waals surface area contributed by atoms with Gasteiger partial charge in [0, 0.05) is 18.7 Å². The van der Waals surface area contributed by atoms with Gasteiger partial charge in [-0.2, -0.15) is 0 Å². The summed E-state index contributed by atoms with van der Waals surface area (Å²) in [5, 5.41) is 9.09. The lowest BCUT2D eigenvalue weighted by Crippen LogP contribution is -2.35. The highest BCUT2D eigenvalue weighted by Gasteiger charge is 2.20. The second-order valence-electron chi connectivity index (χ2n) is 5.99. The molecule has 0 bridgehead atoms. The van der Waals surface area contributed by atoms with Gasteiger partial charge < -0.3 is 5.11 Å². The van der Waals surface area contributed by atoms with E-state index in [1.54, 1.807) is 6.07 Å². The number of rotatable bonds is 4. The molecule has 0 radical (unpaired) electrons. The number of carboxylic acids is 1. The van der Waals surface area contributed by atoms with Crippen LogP contribution >= 0.6 is 0 Å². The average Bonchev–Trinajstić information content (AvgIpc) is 2.54. The van der Waals surface area contributed by atoms with E-state index in [0.717, 1.165) is 25.1 Å². The van der Waals surface area contributed by atoms with Crippen molar-refractivity contribution in [2.24, 2.45) is 0 Å². The number of carboxylic acid groups (broad SMARTS) is 1. The summed E-state index contributed by atoms with van der Waals surface area (Å²) in [4.78, 5) is 25.8. The van der Waals surface area contributed by atoms with Crippen LogP contribution in [0.1, 0.15) is 37.4 Å². The van der Waals surface area contributed by atoms with Crippen LogP contribution in [-0.4, -0.2) is 34.8 Å². The molecule has 4 nitrogen and oxygen atoms in total. The van der Waals surface area contributed by atoms with E-state index in [4.69, 9.17) is 5.11 Å². The fourth-order valence-electron chi connectivity index (χ4n) is 3.03. The minimum Gasteiger partial charge on any atom is -0.478 e. The van der Waals surface area contributed by atoms with Crippen LogP contribution in [0.2, 0.25) is 0 Å². The van der Waals surface area contributed by atoms with Gasteiger partial charge in [0.2, 0.25) is 0 Å². The summed E-state index contributed by atoms with van der Waals surface area (Å²) in [7, 11) is 0. The molecule has 0 unspecified atom stereocenters. The van der Waals surface area contributed by atoms with Gasteiger partial charge in [0.05, 0.1) is 12.1 Å². The highest BCUT2D eigenvalue weighted by Crippen LogP contribution is 2.19. The van der Waals surface area contributed by atoms with Gasteiger partial charge >= 0.3 is 5.97 Å². The predicted molar refractivity (Wildman–Crippen MR) is 87.9 cm³/mol. The Morgan fingerprint density at radius 2 is 1.87 bits per heavy atom. The topological polar surface area (TPSA) is 57.6 Å². The number of benzene rings is 2. The van der Waals surface area contributed by atoms with Crippen molar-refractivity contribution in [3.05, 3.63) is 70.3 Å². The van der Waals surface area contributed by atoms with Gasteiger partial charge in [0.25, 0.3) is 0 Å². The van der Waals surface area contributed by atoms with E-state index in [1.807, 2.05) is 19.1 Å². The molecule has 2 aromatic carbocycles. The van der Waals surface area contributed by atoms with Crippen molar-refractivity contribution in [2.45, 2.75) is 19.9 Å². The Bertz CT molecular complexity index is 767. The minimum atomic E-state index is -1.01. The van der Waals surface area contributed by atoms with Crippen molar-refractivity contribution in [1.82, 2.24) is 4.90 Å². The summed E-state index contributed by atoms with van der Waals surface area (Å²) >= 11 is 0. The molecule has 0 spiro atoms. The zero-order valence-electron chi connectivity index (χ0n) is 13.1. The van der Waals surface area contributed by atoms with Crippen LogP contribution in [0.25, 0.3) is 0 Å². The van der Waals surface area contributed by atoms with Gasteiger partial charge in [-0.15, -0.1) is 0 Å². The van der Waals surface area contributed by atoms with Gasteiger partial charge in [0.15, 0.2) is 5.78 Å². The monoisotopic (exact) mass is 309 g/mol. The second kappa shape index (κ2) is 6.34. The van der Waals surface area contributed by atoms with E-state index in [0.29, 0.717) is 12.1 Å². The van der Waals surface area contributed by atoms with E-state index < -0.39 is 5.97 Å². The lowest BCUT2D eigenvalue weighted by molar-refractivity contribution is 0.0697. The molecular weight excluding hydrogens is 290 g/mol. The number of Topliss-reactive ketones (excluding diaryl/α,β-unsaturated/α-hetero) is 1. The number of carbonyl (C=O) groups is 2. The number of hydrogen-bond acceptors (Lipinski definition) is 3. The molecule has 1 aliphatic rings. The molecule has 0 amide bonds. The molecule has 23 heavy (non-hydrogen) atoms. The minimum absolute atomic E-state index is 0.0232. The highest BCUT2D eigenvalue weighted by molar-refractivity contribution is 6.01. The Balaban J connectivity index is 1.75. The molecular formula is C19H19NO3. The van der Waals surface area contributed by atoms with E-state index in [9.17, 15) is 9.59 Å². The smallest absolute Gasteiger partial charge is 0.335 e. The summed E-state index contributed by atoms with van der Waals surface area (Å²) in [6.45, 7) is 3.77. The van der Waals surface area contributed by atoms with Crippen LogP contribution in [0.15, 0.2) is 42.5 Å². The first-order valence-electron chi connectivity index (χ1n) is 7.71. The van der Waals surface area contributed by atoms with Crippen LogP contribution < -0.4 is 0 Å². The molecule has 1 heterocycles. The van der Waals surface area contributed by atoms with Crippen molar-refractivity contribution in [1.29, 1.82) is 0 Å². The van der Waals surface area contributed by atoms with Crippen molar-refractivity contribution in [3.8, 4) is 0 Å². The molecule has 118 valence electrons. The van der Waals surface area contributed by atoms with Crippen LogP contribution in [0, 0.1) is 6.92 Å². The van der Waals surface area contributed by atoms with Crippen molar-refractivity contribution < 1.29 is 14.7 Å². The lowest BCUT2D eigenvalue weighted by Gasteiger charge is -2.28. The third kappa shape index (κ3) is 3.32. The summed E-state index contributed by atoms with van der Waals surface area (Å²) in [5.74, 6) is -1.03. The lowest BCUT2D eigenvalue weighted by atomic mass is 9.98. The van der Waals surface area contributed by atoms with E-state index >= 15 is 0 Å². The fraction of sp³-hybridized carbons (Fsp3) is 0.263. The van der Waals surface area contributed by atoms with E-state index in [2.05, 4.69) is 17.0 Å². The number of aromatic carboxylic acids is 1. The summed E-state index contributed by atoms with van der Waals surface area (Å²) < 4.78 is 0. The number of fused-ring (bicyclic) bond motifs is 1. The number of carbonyl (C=O) groups excluding carboxylic acids is 1. The van der Waals surface area contributed by atoms with Crippen molar-refractivity contribution >= 4 is 11.8 Å². The molecule has 0 fully saturated rings. The molecule has 1 N–H and O–H groups in total. The maximum atomic E-state index is 12.6. The van der Waals surface area contributed by atoms with Gasteiger partial charge in [0.1, 0.15) is 0 Å². The van der Waals surface area contributed by atoms with Gasteiger partial charge in [-0.3, -0.25) is 9.69 Å². The first kappa shape index (κ1) is 15.4. The largest absolute Gasteiger partial charge is 0.478 e. The van der Waals surface area contributed by atoms with Crippen LogP contribution in [0.5, 0.6) is 0 Å². The molecule has 2 aromatic rings. The molecule has 0 saturated heterocycles. The Morgan fingerprint density at radius 3 is 2.61 bits per heavy atom. The van der Waals surface area contributed by atoms with Crippen LogP contribution in [0.3, 0.4) is 0 Å². The Labute approximate surface area is 135 Å². The van der Waals surface area contributed by atoms with Crippen LogP contribution in [0.4, 0.5) is 0 Å². The molecule has 3 rings (SSSR count). The van der Waals surface area contributed by atoms with E-state index in [-0.39, 0.29) is 11.3 Å². The first-order chi connectivity index (χ1) is 11.0. The molecule has 0 aromatic heterocycles. The number of ketones is 1. The molecule has 1 aliphatic heterocycles. The SMILES string of the molecule is Cc1ccc(C(=O)O)cc1C(=O)CN1CCc2ccccc2C1. The van der Waals surface area contributed by atoms with Crippen molar-refractivity contribution in [2.75, 3.05) is 13.1 Å². The number of aryl methyl sites for hydroxylation is 1. The van der Waals surface area contributed by atoms with Gasteiger partial charge in [-0.25, -0.2) is 4.79 Å². The Morgan fingerprint density at radius 1 is 1.13 bits per heavy atom. The molecule has 0 aliphatic carbocycles. The Hall–Kier alpha value is -2.46. The third-order valence-electron chi connectivity index (χ3n) is 4.36. The average molecular weight is 309 g/mol. The third-order valence-corrected chi connectivity index (χ3v) is 4.36.